The van der Waals surface area contributed by atoms with Gasteiger partial charge in [0.2, 0.25) is 0 Å². The van der Waals surface area contributed by atoms with E-state index in [2.05, 4.69) is 351 Å². The molecule has 0 saturated carbocycles. The van der Waals surface area contributed by atoms with Crippen LogP contribution in [0, 0.1) is 96.9 Å². The zero-order valence-electron chi connectivity index (χ0n) is 67.1. The molecule has 11 aromatic carbocycles. The average Bonchev–Trinajstić information content (AvgIpc) is 1.58. The summed E-state index contributed by atoms with van der Waals surface area (Å²) in [5.74, 6) is 0.822. The maximum Gasteiger partial charge on any atom is 0.125 e. The van der Waals surface area contributed by atoms with Gasteiger partial charge < -0.3 is 9.13 Å². The van der Waals surface area contributed by atoms with Crippen LogP contribution in [0.5, 0.6) is 0 Å². The quantitative estimate of drug-likeness (QED) is 0.139. The third-order valence-electron chi connectivity index (χ3n) is 17.9. The monoisotopic (exact) mass is 1450 g/mol. The Hall–Kier alpha value is -12.9. The van der Waals surface area contributed by atoms with Crippen molar-refractivity contribution in [2.24, 2.45) is 14.1 Å². The molecular weight excluding hydrogens is 1340 g/mol. The standard InChI is InChI=1S/C15H12.2C13H11N.C9H12.2C8H10.C7H8.3C6H7N.2C5H6N2/c1-11-10-12-6-2-3-8-14(12)15-9-5-4-7-13(11)15;2*1-14-12-8-4-2-6-10(12)11-7-3-5-9-13(11)14;1-7-5-4-6-8(2)9(7)3;1-7-4-3-5-8(2)6-7;1-7-5-3-4-6-8(7)2;1-7-5-3-2-4-6-7;1-6-2-4-7-5-3-6;1-6-3-2-4-7-5-6;1-6-4-2-3-5-7-6;1-5-2-3-6-4-7-5;1-5-6-3-2-4-7-5/h2-10H,1H3;2*2-9H,1H3;4-6H,1-3H3;2*3-6H,1-2H3;2-6H,1H3;3*2-5H,1H3;2*2-4H,1H3. The Kier molecular flexibility index (Phi) is 35.5. The Morgan fingerprint density at radius 3 is 0.945 bits per heavy atom. The molecule has 0 aliphatic carbocycles. The number of benzene rings is 11. The fraction of sp³-hybridized carbons (Fsp3) is 0.158. The zero-order chi connectivity index (χ0) is 78.8. The summed E-state index contributed by atoms with van der Waals surface area (Å²) in [6.45, 7) is 29.0. The summed E-state index contributed by atoms with van der Waals surface area (Å²) in [6.07, 6.45) is 15.7. The minimum absolute atomic E-state index is 0.822. The van der Waals surface area contributed by atoms with Gasteiger partial charge in [0.15, 0.2) is 0 Å². The molecule has 0 unspecified atom stereocenters. The number of fused-ring (bicyclic) bond motifs is 9. The molecule has 18 aromatic rings. The second kappa shape index (κ2) is 46.3. The number of para-hydroxylation sites is 4. The Morgan fingerprint density at radius 2 is 0.609 bits per heavy atom. The van der Waals surface area contributed by atoms with Crippen molar-refractivity contribution < 1.29 is 0 Å². The normalized spacial score (nSPS) is 9.82. The van der Waals surface area contributed by atoms with Crippen molar-refractivity contribution in [1.29, 1.82) is 0 Å². The van der Waals surface area contributed by atoms with Gasteiger partial charge in [0.1, 0.15) is 12.2 Å². The maximum atomic E-state index is 3.98. The number of aryl methyl sites for hydroxylation is 15. The topological polar surface area (TPSA) is 100 Å². The van der Waals surface area contributed by atoms with Crippen LogP contribution in [0.2, 0.25) is 0 Å². The van der Waals surface area contributed by atoms with Crippen LogP contribution in [0.1, 0.15) is 78.4 Å². The second-order valence-electron chi connectivity index (χ2n) is 26.7. The molecule has 0 aliphatic rings. The van der Waals surface area contributed by atoms with Crippen LogP contribution >= 0.6 is 0 Å². The van der Waals surface area contributed by atoms with Crippen molar-refractivity contribution in [2.75, 3.05) is 0 Å². The third-order valence-corrected chi connectivity index (χ3v) is 17.9. The fourth-order valence-corrected chi connectivity index (χ4v) is 11.4. The van der Waals surface area contributed by atoms with Crippen LogP contribution < -0.4 is 0 Å². The van der Waals surface area contributed by atoms with E-state index in [0.717, 1.165) is 17.2 Å². The highest BCUT2D eigenvalue weighted by atomic mass is 14.9. The number of aromatic nitrogens is 9. The van der Waals surface area contributed by atoms with E-state index < -0.39 is 0 Å². The number of pyridine rings is 3. The first-order valence-corrected chi connectivity index (χ1v) is 37.2. The van der Waals surface area contributed by atoms with Crippen molar-refractivity contribution in [1.82, 2.24) is 44.0 Å². The molecular formula is C101H107N9. The van der Waals surface area contributed by atoms with Gasteiger partial charge in [-0.15, -0.1) is 0 Å². The lowest BCUT2D eigenvalue weighted by Crippen LogP contribution is -1.84. The van der Waals surface area contributed by atoms with Gasteiger partial charge in [-0.3, -0.25) is 15.0 Å². The molecule has 0 atom stereocenters. The van der Waals surface area contributed by atoms with Crippen LogP contribution in [-0.2, 0) is 14.1 Å². The fourth-order valence-electron chi connectivity index (χ4n) is 11.4. The van der Waals surface area contributed by atoms with Gasteiger partial charge in [-0.25, -0.2) is 19.9 Å². The smallest absolute Gasteiger partial charge is 0.125 e. The Labute approximate surface area is 653 Å². The summed E-state index contributed by atoms with van der Waals surface area (Å²) >= 11 is 0. The molecule has 0 N–H and O–H groups in total. The van der Waals surface area contributed by atoms with Gasteiger partial charge in [0.05, 0.1) is 0 Å². The van der Waals surface area contributed by atoms with Crippen LogP contribution in [0.3, 0.4) is 0 Å². The summed E-state index contributed by atoms with van der Waals surface area (Å²) in [6, 6.07) is 104. The molecule has 0 amide bonds. The molecule has 0 spiro atoms. The lowest BCUT2D eigenvalue weighted by Gasteiger charge is -2.06. The average molecular weight is 1450 g/mol. The summed E-state index contributed by atoms with van der Waals surface area (Å²) in [4.78, 5) is 27.0. The number of hydrogen-bond acceptors (Lipinski definition) is 7. The van der Waals surface area contributed by atoms with E-state index in [1.165, 1.54) is 133 Å². The molecule has 7 heterocycles. The third kappa shape index (κ3) is 28.5. The Bertz CT molecular complexity index is 5040. The molecule has 0 bridgehead atoms. The summed E-state index contributed by atoms with van der Waals surface area (Å²) in [7, 11) is 4.23. The van der Waals surface area contributed by atoms with E-state index in [9.17, 15) is 0 Å². The van der Waals surface area contributed by atoms with Gasteiger partial charge in [-0.1, -0.05) is 253 Å². The van der Waals surface area contributed by atoms with Crippen LogP contribution in [-0.4, -0.2) is 44.0 Å². The van der Waals surface area contributed by atoms with Crippen molar-refractivity contribution in [2.45, 2.75) is 96.9 Å². The van der Waals surface area contributed by atoms with E-state index in [0.29, 0.717) is 0 Å². The first kappa shape index (κ1) is 84.4. The summed E-state index contributed by atoms with van der Waals surface area (Å²) in [5, 5.41) is 10.7. The van der Waals surface area contributed by atoms with Crippen molar-refractivity contribution in [3.8, 4) is 0 Å². The van der Waals surface area contributed by atoms with Gasteiger partial charge in [0, 0.05) is 119 Å². The minimum Gasteiger partial charge on any atom is -0.344 e. The molecule has 0 radical (unpaired) electrons. The summed E-state index contributed by atoms with van der Waals surface area (Å²) in [5.41, 5.74) is 22.0. The van der Waals surface area contributed by atoms with Gasteiger partial charge in [-0.05, 0) is 230 Å². The van der Waals surface area contributed by atoms with E-state index >= 15 is 0 Å². The first-order valence-electron chi connectivity index (χ1n) is 37.2. The maximum absolute atomic E-state index is 3.98. The van der Waals surface area contributed by atoms with Crippen molar-refractivity contribution >= 4 is 65.2 Å². The van der Waals surface area contributed by atoms with E-state index in [-0.39, 0.29) is 0 Å². The zero-order valence-corrected chi connectivity index (χ0v) is 67.1. The van der Waals surface area contributed by atoms with Crippen LogP contribution in [0.4, 0.5) is 0 Å². The highest BCUT2D eigenvalue weighted by molar-refractivity contribution is 6.10. The molecule has 7 aromatic heterocycles. The van der Waals surface area contributed by atoms with E-state index in [4.69, 9.17) is 0 Å². The SMILES string of the molecule is Cc1cc2ccccc2c2ccccc12.Cc1cccc(C)c1.Cc1cccc(C)c1C.Cc1ccccc1.Cc1ccccc1C.Cc1ccccn1.Cc1cccnc1.Cc1ccncc1.Cc1ccncn1.Cc1ncccn1.Cn1c2ccccc2c2ccccc21.Cn1c2ccccc2c2ccccc21. The predicted octanol–water partition coefficient (Wildman–Crippen LogP) is 25.9. The number of hydrogen-bond donors (Lipinski definition) is 0. The summed E-state index contributed by atoms with van der Waals surface area (Å²) < 4.78 is 4.48. The predicted molar refractivity (Wildman–Crippen MR) is 471 cm³/mol. The molecule has 0 fully saturated rings. The van der Waals surface area contributed by atoms with Gasteiger partial charge in [-0.2, -0.15) is 0 Å². The molecule has 18 rings (SSSR count). The Morgan fingerprint density at radius 1 is 0.218 bits per heavy atom. The molecule has 110 heavy (non-hydrogen) atoms. The lowest BCUT2D eigenvalue weighted by molar-refractivity contribution is 1.01. The molecule has 9 nitrogen and oxygen atoms in total. The van der Waals surface area contributed by atoms with Crippen LogP contribution in [0.25, 0.3) is 65.2 Å². The molecule has 9 heteroatoms. The molecule has 556 valence electrons. The molecule has 0 saturated heterocycles. The van der Waals surface area contributed by atoms with Crippen molar-refractivity contribution in [3.63, 3.8) is 0 Å². The van der Waals surface area contributed by atoms with Gasteiger partial charge in [0.25, 0.3) is 0 Å². The lowest BCUT2D eigenvalue weighted by atomic mass is 9.98. The van der Waals surface area contributed by atoms with E-state index in [1.54, 1.807) is 49.4 Å². The highest BCUT2D eigenvalue weighted by Gasteiger charge is 2.07. The Balaban J connectivity index is 0.000000169. The first-order chi connectivity index (χ1) is 53.3. The van der Waals surface area contributed by atoms with Gasteiger partial charge >= 0.3 is 0 Å². The number of nitrogens with zero attached hydrogens (tertiary/aromatic N) is 9. The van der Waals surface area contributed by atoms with Crippen molar-refractivity contribution in [3.05, 3.63) is 438 Å². The largest absolute Gasteiger partial charge is 0.344 e. The van der Waals surface area contributed by atoms with E-state index in [1.807, 2.05) is 108 Å². The van der Waals surface area contributed by atoms with Crippen LogP contribution in [0.15, 0.2) is 359 Å². The molecule has 0 aliphatic heterocycles. The minimum atomic E-state index is 0.822. The highest BCUT2D eigenvalue weighted by Crippen LogP contribution is 2.30. The second-order valence-corrected chi connectivity index (χ2v) is 26.7. The number of rotatable bonds is 0.